The van der Waals surface area contributed by atoms with Gasteiger partial charge in [-0.3, -0.25) is 4.79 Å². The fraction of sp³-hybridized carbons (Fsp3) is 0.308. The molecule has 1 aliphatic carbocycles. The van der Waals surface area contributed by atoms with Crippen LogP contribution in [0.2, 0.25) is 0 Å². The largest absolute Gasteiger partial charge is 0.295 e. The van der Waals surface area contributed by atoms with Crippen molar-refractivity contribution >= 4 is 5.78 Å². The van der Waals surface area contributed by atoms with Crippen molar-refractivity contribution in [3.05, 3.63) is 48.0 Å². The van der Waals surface area contributed by atoms with E-state index < -0.39 is 0 Å². The molecule has 0 saturated carbocycles. The minimum Gasteiger partial charge on any atom is -0.295 e. The van der Waals surface area contributed by atoms with Gasteiger partial charge in [0, 0.05) is 11.8 Å². The molecule has 0 radical (unpaired) electrons. The molecule has 1 aromatic rings. The van der Waals surface area contributed by atoms with Crippen LogP contribution in [0.4, 0.5) is 0 Å². The van der Waals surface area contributed by atoms with E-state index in [1.54, 1.807) is 6.08 Å². The molecule has 1 atom stereocenters. The number of ketones is 1. The molecule has 0 aliphatic heterocycles. The summed E-state index contributed by atoms with van der Waals surface area (Å²) in [5.41, 5.74) is 1.35. The average molecular weight is 186 g/mol. The smallest absolute Gasteiger partial charge is 0.155 e. The summed E-state index contributed by atoms with van der Waals surface area (Å²) in [6, 6.07) is 10.4. The zero-order valence-corrected chi connectivity index (χ0v) is 8.36. The molecular weight excluding hydrogens is 172 g/mol. The molecule has 1 aliphatic rings. The molecule has 0 amide bonds. The maximum Gasteiger partial charge on any atom is 0.155 e. The fourth-order valence-corrected chi connectivity index (χ4v) is 1.89. The lowest BCUT2D eigenvalue weighted by Gasteiger charge is -2.28. The SMILES string of the molecule is C[C@]1(c2ccccc2)C=CC(=O)CC1. The molecule has 0 aromatic heterocycles. The van der Waals surface area contributed by atoms with Gasteiger partial charge in [0.05, 0.1) is 0 Å². The van der Waals surface area contributed by atoms with Crippen molar-refractivity contribution < 1.29 is 4.79 Å². The highest BCUT2D eigenvalue weighted by Crippen LogP contribution is 2.33. The third kappa shape index (κ3) is 1.63. The van der Waals surface area contributed by atoms with E-state index in [4.69, 9.17) is 0 Å². The topological polar surface area (TPSA) is 17.1 Å². The molecule has 0 bridgehead atoms. The quantitative estimate of drug-likeness (QED) is 0.659. The van der Waals surface area contributed by atoms with Crippen LogP contribution in [0.3, 0.4) is 0 Å². The van der Waals surface area contributed by atoms with E-state index in [1.165, 1.54) is 5.56 Å². The predicted molar refractivity (Wildman–Crippen MR) is 57.2 cm³/mol. The van der Waals surface area contributed by atoms with Crippen LogP contribution in [0.25, 0.3) is 0 Å². The first-order chi connectivity index (χ1) is 6.71. The van der Waals surface area contributed by atoms with Crippen LogP contribution in [-0.4, -0.2) is 5.78 Å². The number of benzene rings is 1. The van der Waals surface area contributed by atoms with E-state index in [0.29, 0.717) is 6.42 Å². The fourth-order valence-electron chi connectivity index (χ4n) is 1.89. The number of rotatable bonds is 1. The second-order valence-corrected chi connectivity index (χ2v) is 4.08. The van der Waals surface area contributed by atoms with Gasteiger partial charge < -0.3 is 0 Å². The maximum atomic E-state index is 11.1. The Hall–Kier alpha value is -1.37. The Morgan fingerprint density at radius 2 is 1.93 bits per heavy atom. The number of carbonyl (C=O) groups is 1. The highest BCUT2D eigenvalue weighted by atomic mass is 16.1. The zero-order valence-electron chi connectivity index (χ0n) is 8.36. The zero-order chi connectivity index (χ0) is 10.0. The molecule has 0 N–H and O–H groups in total. The Balaban J connectivity index is 2.34. The van der Waals surface area contributed by atoms with Gasteiger partial charge in [0.1, 0.15) is 0 Å². The summed E-state index contributed by atoms with van der Waals surface area (Å²) in [5, 5.41) is 0. The molecule has 0 spiro atoms. The second kappa shape index (κ2) is 3.41. The number of hydrogen-bond acceptors (Lipinski definition) is 1. The molecule has 72 valence electrons. The first kappa shape index (κ1) is 9.20. The minimum absolute atomic E-state index is 0.0508. The Bertz CT molecular complexity index is 364. The molecule has 2 rings (SSSR count). The van der Waals surface area contributed by atoms with Crippen LogP contribution in [0.1, 0.15) is 25.3 Å². The van der Waals surface area contributed by atoms with Crippen LogP contribution in [0.5, 0.6) is 0 Å². The van der Waals surface area contributed by atoms with Gasteiger partial charge in [0.2, 0.25) is 0 Å². The Kier molecular flexibility index (Phi) is 2.24. The molecule has 1 aromatic carbocycles. The van der Waals surface area contributed by atoms with Crippen molar-refractivity contribution in [2.45, 2.75) is 25.2 Å². The van der Waals surface area contributed by atoms with Crippen molar-refractivity contribution in [2.75, 3.05) is 0 Å². The van der Waals surface area contributed by atoms with Gasteiger partial charge in [-0.05, 0) is 18.1 Å². The summed E-state index contributed by atoms with van der Waals surface area (Å²) in [4.78, 5) is 11.1. The highest BCUT2D eigenvalue weighted by molar-refractivity contribution is 5.91. The van der Waals surface area contributed by atoms with E-state index in [9.17, 15) is 4.79 Å². The molecule has 0 heterocycles. The first-order valence-corrected chi connectivity index (χ1v) is 4.98. The summed E-state index contributed by atoms with van der Waals surface area (Å²) in [6.45, 7) is 2.19. The Morgan fingerprint density at radius 1 is 1.21 bits per heavy atom. The molecule has 1 heteroatoms. The molecular formula is C13H14O. The van der Waals surface area contributed by atoms with Crippen LogP contribution >= 0.6 is 0 Å². The lowest BCUT2D eigenvalue weighted by atomic mass is 9.75. The number of allylic oxidation sites excluding steroid dienone is 2. The average Bonchev–Trinajstić information content (AvgIpc) is 2.24. The van der Waals surface area contributed by atoms with Crippen molar-refractivity contribution in [1.29, 1.82) is 0 Å². The van der Waals surface area contributed by atoms with Gasteiger partial charge >= 0.3 is 0 Å². The lowest BCUT2D eigenvalue weighted by molar-refractivity contribution is -0.115. The van der Waals surface area contributed by atoms with E-state index in [1.807, 2.05) is 24.3 Å². The van der Waals surface area contributed by atoms with Crippen LogP contribution in [0, 0.1) is 0 Å². The standard InChI is InChI=1S/C13H14O/c1-13(9-7-12(14)8-10-13)11-5-3-2-4-6-11/h2-7,9H,8,10H2,1H3/t13-/m0/s1. The third-order valence-corrected chi connectivity index (χ3v) is 2.96. The normalized spacial score (nSPS) is 26.5. The van der Waals surface area contributed by atoms with Crippen molar-refractivity contribution in [3.63, 3.8) is 0 Å². The summed E-state index contributed by atoms with van der Waals surface area (Å²) >= 11 is 0. The number of carbonyl (C=O) groups excluding carboxylic acids is 1. The van der Waals surface area contributed by atoms with Gasteiger partial charge in [-0.25, -0.2) is 0 Å². The Labute approximate surface area is 84.5 Å². The maximum absolute atomic E-state index is 11.1. The predicted octanol–water partition coefficient (Wildman–Crippen LogP) is 2.86. The highest BCUT2D eigenvalue weighted by Gasteiger charge is 2.26. The molecule has 14 heavy (non-hydrogen) atoms. The molecule has 0 unspecified atom stereocenters. The van der Waals surface area contributed by atoms with E-state index in [0.717, 1.165) is 6.42 Å². The first-order valence-electron chi connectivity index (χ1n) is 4.98. The summed E-state index contributed by atoms with van der Waals surface area (Å²) in [5.74, 6) is 0.249. The second-order valence-electron chi connectivity index (χ2n) is 4.08. The lowest BCUT2D eigenvalue weighted by Crippen LogP contribution is -2.23. The van der Waals surface area contributed by atoms with Gasteiger partial charge in [-0.2, -0.15) is 0 Å². The van der Waals surface area contributed by atoms with E-state index in [-0.39, 0.29) is 11.2 Å². The third-order valence-electron chi connectivity index (χ3n) is 2.96. The van der Waals surface area contributed by atoms with Gasteiger partial charge in [0.15, 0.2) is 5.78 Å². The molecule has 0 fully saturated rings. The van der Waals surface area contributed by atoms with Crippen molar-refractivity contribution in [2.24, 2.45) is 0 Å². The van der Waals surface area contributed by atoms with Crippen molar-refractivity contribution in [1.82, 2.24) is 0 Å². The van der Waals surface area contributed by atoms with Gasteiger partial charge in [-0.1, -0.05) is 43.3 Å². The summed E-state index contributed by atoms with van der Waals surface area (Å²) < 4.78 is 0. The van der Waals surface area contributed by atoms with Crippen LogP contribution in [0.15, 0.2) is 42.5 Å². The van der Waals surface area contributed by atoms with Gasteiger partial charge in [0.25, 0.3) is 0 Å². The monoisotopic (exact) mass is 186 g/mol. The van der Waals surface area contributed by atoms with Crippen LogP contribution < -0.4 is 0 Å². The van der Waals surface area contributed by atoms with Crippen molar-refractivity contribution in [3.8, 4) is 0 Å². The van der Waals surface area contributed by atoms with Crippen LogP contribution in [-0.2, 0) is 10.2 Å². The van der Waals surface area contributed by atoms with E-state index in [2.05, 4.69) is 19.1 Å². The van der Waals surface area contributed by atoms with Gasteiger partial charge in [-0.15, -0.1) is 0 Å². The molecule has 1 nitrogen and oxygen atoms in total. The summed E-state index contributed by atoms with van der Waals surface area (Å²) in [7, 11) is 0. The molecule has 0 saturated heterocycles. The Morgan fingerprint density at radius 3 is 2.50 bits per heavy atom. The van der Waals surface area contributed by atoms with E-state index >= 15 is 0 Å². The minimum atomic E-state index is 0.0508. The summed E-state index contributed by atoms with van der Waals surface area (Å²) in [6.07, 6.45) is 5.35. The number of hydrogen-bond donors (Lipinski definition) is 0.